The molecule has 104 valence electrons. The van der Waals surface area contributed by atoms with Crippen LogP contribution >= 0.6 is 0 Å². The molecule has 2 aliphatic rings. The highest BCUT2D eigenvalue weighted by molar-refractivity contribution is 5.95. The van der Waals surface area contributed by atoms with E-state index in [0.717, 1.165) is 42.5 Å². The fraction of sp³-hybridized carbons (Fsp3) is 0.714. The summed E-state index contributed by atoms with van der Waals surface area (Å²) < 4.78 is 0. The Morgan fingerprint density at radius 1 is 1.32 bits per heavy atom. The van der Waals surface area contributed by atoms with Crippen LogP contribution in [-0.4, -0.2) is 29.2 Å². The smallest absolute Gasteiger partial charge is 0.227 e. The van der Waals surface area contributed by atoms with Crippen molar-refractivity contribution >= 4 is 11.6 Å². The Bertz CT molecular complexity index is 456. The van der Waals surface area contributed by atoms with Gasteiger partial charge in [-0.05, 0) is 58.0 Å². The van der Waals surface area contributed by atoms with E-state index in [9.17, 15) is 4.79 Å². The van der Waals surface area contributed by atoms with Crippen molar-refractivity contribution in [2.75, 3.05) is 18.4 Å². The van der Waals surface area contributed by atoms with E-state index in [0.29, 0.717) is 5.92 Å². The number of hydrogen-bond donors (Lipinski definition) is 3. The molecule has 2 heterocycles. The van der Waals surface area contributed by atoms with Crippen LogP contribution in [0.15, 0.2) is 0 Å². The Morgan fingerprint density at radius 3 is 2.68 bits per heavy atom. The van der Waals surface area contributed by atoms with Crippen LogP contribution < -0.4 is 10.6 Å². The van der Waals surface area contributed by atoms with Crippen LogP contribution in [0.25, 0.3) is 0 Å². The van der Waals surface area contributed by atoms with Crippen molar-refractivity contribution in [2.45, 2.75) is 33.1 Å². The Hall–Kier alpha value is -1.36. The molecule has 5 nitrogen and oxygen atoms in total. The van der Waals surface area contributed by atoms with E-state index in [1.807, 2.05) is 13.8 Å². The number of carbonyl (C=O) groups is 1. The zero-order chi connectivity index (χ0) is 13.4. The molecule has 1 aromatic rings. The molecular weight excluding hydrogens is 240 g/mol. The van der Waals surface area contributed by atoms with Gasteiger partial charge in [-0.3, -0.25) is 9.89 Å². The SMILES string of the molecule is Cc1n[nH]c(C)c1NC(=O)[C@@H]1C[C@H]1C1CCNCC1. The minimum atomic E-state index is 0.177. The maximum absolute atomic E-state index is 12.3. The summed E-state index contributed by atoms with van der Waals surface area (Å²) in [6, 6.07) is 0. The first kappa shape index (κ1) is 12.7. The number of aromatic nitrogens is 2. The standard InChI is InChI=1S/C14H22N4O/c1-8-13(9(2)18-17-8)16-14(19)12-7-11(12)10-3-5-15-6-4-10/h10-12,15H,3-7H2,1-2H3,(H,16,19)(H,17,18)/t11-,12+/m0/s1. The lowest BCUT2D eigenvalue weighted by atomic mass is 9.92. The highest BCUT2D eigenvalue weighted by Gasteiger charge is 2.47. The summed E-state index contributed by atoms with van der Waals surface area (Å²) in [6.45, 7) is 6.06. The van der Waals surface area contributed by atoms with Crippen molar-refractivity contribution in [1.82, 2.24) is 15.5 Å². The number of piperidine rings is 1. The van der Waals surface area contributed by atoms with Crippen molar-refractivity contribution in [3.05, 3.63) is 11.4 Å². The molecule has 0 unspecified atom stereocenters. The zero-order valence-electron chi connectivity index (χ0n) is 11.6. The van der Waals surface area contributed by atoms with Gasteiger partial charge in [-0.25, -0.2) is 0 Å². The van der Waals surface area contributed by atoms with E-state index < -0.39 is 0 Å². The third-order valence-corrected chi connectivity index (χ3v) is 4.54. The molecule has 2 atom stereocenters. The minimum Gasteiger partial charge on any atom is -0.323 e. The predicted molar refractivity (Wildman–Crippen MR) is 73.9 cm³/mol. The highest BCUT2D eigenvalue weighted by Crippen LogP contribution is 2.47. The first-order valence-electron chi connectivity index (χ1n) is 7.20. The summed E-state index contributed by atoms with van der Waals surface area (Å²) in [5.41, 5.74) is 2.66. The van der Waals surface area contributed by atoms with E-state index in [1.165, 1.54) is 12.8 Å². The Labute approximate surface area is 113 Å². The van der Waals surface area contributed by atoms with Gasteiger partial charge in [0.2, 0.25) is 5.91 Å². The van der Waals surface area contributed by atoms with Crippen molar-refractivity contribution in [1.29, 1.82) is 0 Å². The van der Waals surface area contributed by atoms with Crippen LogP contribution in [-0.2, 0) is 4.79 Å². The maximum Gasteiger partial charge on any atom is 0.227 e. The maximum atomic E-state index is 12.3. The van der Waals surface area contributed by atoms with Gasteiger partial charge >= 0.3 is 0 Å². The van der Waals surface area contributed by atoms with Crippen molar-refractivity contribution in [3.63, 3.8) is 0 Å². The number of anilines is 1. The normalized spacial score (nSPS) is 27.3. The molecule has 0 radical (unpaired) electrons. The van der Waals surface area contributed by atoms with Gasteiger partial charge in [0.05, 0.1) is 17.1 Å². The predicted octanol–water partition coefficient (Wildman–Crippen LogP) is 1.60. The number of aromatic amines is 1. The largest absolute Gasteiger partial charge is 0.323 e. The molecule has 5 heteroatoms. The van der Waals surface area contributed by atoms with Crippen molar-refractivity contribution < 1.29 is 4.79 Å². The number of rotatable bonds is 3. The summed E-state index contributed by atoms with van der Waals surface area (Å²) in [5.74, 6) is 1.74. The van der Waals surface area contributed by atoms with Crippen molar-refractivity contribution in [3.8, 4) is 0 Å². The number of nitrogens with one attached hydrogen (secondary N) is 3. The lowest BCUT2D eigenvalue weighted by Crippen LogP contribution is -2.29. The summed E-state index contributed by atoms with van der Waals surface area (Å²) >= 11 is 0. The van der Waals surface area contributed by atoms with Gasteiger partial charge in [0.25, 0.3) is 0 Å². The van der Waals surface area contributed by atoms with Crippen LogP contribution in [0.3, 0.4) is 0 Å². The summed E-state index contributed by atoms with van der Waals surface area (Å²) in [7, 11) is 0. The number of nitrogens with zero attached hydrogens (tertiary/aromatic N) is 1. The summed E-state index contributed by atoms with van der Waals surface area (Å²) in [5, 5.41) is 13.4. The summed E-state index contributed by atoms with van der Waals surface area (Å²) in [4.78, 5) is 12.3. The first-order chi connectivity index (χ1) is 9.16. The fourth-order valence-electron chi connectivity index (χ4n) is 3.26. The van der Waals surface area contributed by atoms with Gasteiger partial charge in [0.15, 0.2) is 0 Å². The third-order valence-electron chi connectivity index (χ3n) is 4.54. The first-order valence-corrected chi connectivity index (χ1v) is 7.20. The number of H-pyrrole nitrogens is 1. The Morgan fingerprint density at radius 2 is 2.05 bits per heavy atom. The average molecular weight is 262 g/mol. The van der Waals surface area contributed by atoms with Gasteiger partial charge in [-0.1, -0.05) is 0 Å². The second kappa shape index (κ2) is 4.96. The molecule has 1 saturated heterocycles. The number of carbonyl (C=O) groups excluding carboxylic acids is 1. The molecule has 0 bridgehead atoms. The van der Waals surface area contributed by atoms with E-state index in [1.54, 1.807) is 0 Å². The molecule has 2 fully saturated rings. The monoisotopic (exact) mass is 262 g/mol. The van der Waals surface area contributed by atoms with E-state index in [-0.39, 0.29) is 11.8 Å². The second-order valence-corrected chi connectivity index (χ2v) is 5.89. The minimum absolute atomic E-state index is 0.177. The topological polar surface area (TPSA) is 69.8 Å². The molecular formula is C14H22N4O. The number of amides is 1. The van der Waals surface area contributed by atoms with Crippen molar-refractivity contribution in [2.24, 2.45) is 17.8 Å². The molecule has 0 aromatic carbocycles. The Balaban J connectivity index is 1.58. The lowest BCUT2D eigenvalue weighted by molar-refractivity contribution is -0.117. The molecule has 3 N–H and O–H groups in total. The van der Waals surface area contributed by atoms with Crippen LogP contribution in [0.5, 0.6) is 0 Å². The Kier molecular flexibility index (Phi) is 3.31. The average Bonchev–Trinajstić information content (AvgIpc) is 3.17. The fourth-order valence-corrected chi connectivity index (χ4v) is 3.26. The van der Waals surface area contributed by atoms with Gasteiger partial charge < -0.3 is 10.6 Å². The highest BCUT2D eigenvalue weighted by atomic mass is 16.2. The quantitative estimate of drug-likeness (QED) is 0.775. The third kappa shape index (κ3) is 2.52. The summed E-state index contributed by atoms with van der Waals surface area (Å²) in [6.07, 6.45) is 3.50. The van der Waals surface area contributed by atoms with Gasteiger partial charge in [-0.2, -0.15) is 5.10 Å². The van der Waals surface area contributed by atoms with Gasteiger partial charge in [0.1, 0.15) is 0 Å². The van der Waals surface area contributed by atoms with Gasteiger partial charge in [-0.15, -0.1) is 0 Å². The van der Waals surface area contributed by atoms with Crippen LogP contribution in [0.2, 0.25) is 0 Å². The van der Waals surface area contributed by atoms with E-state index in [4.69, 9.17) is 0 Å². The molecule has 19 heavy (non-hydrogen) atoms. The lowest BCUT2D eigenvalue weighted by Gasteiger charge is -2.22. The molecule has 1 aliphatic carbocycles. The molecule has 0 spiro atoms. The zero-order valence-corrected chi connectivity index (χ0v) is 11.6. The number of hydrogen-bond acceptors (Lipinski definition) is 3. The van der Waals surface area contributed by atoms with Crippen LogP contribution in [0.1, 0.15) is 30.7 Å². The molecule has 1 aliphatic heterocycles. The molecule has 1 aromatic heterocycles. The van der Waals surface area contributed by atoms with Gasteiger partial charge in [0, 0.05) is 5.92 Å². The molecule has 1 saturated carbocycles. The van der Waals surface area contributed by atoms with E-state index in [2.05, 4.69) is 20.8 Å². The molecule has 3 rings (SSSR count). The van der Waals surface area contributed by atoms with Crippen LogP contribution in [0.4, 0.5) is 5.69 Å². The number of aryl methyl sites for hydroxylation is 2. The van der Waals surface area contributed by atoms with Crippen LogP contribution in [0, 0.1) is 31.6 Å². The second-order valence-electron chi connectivity index (χ2n) is 5.89. The van der Waals surface area contributed by atoms with E-state index >= 15 is 0 Å². The molecule has 1 amide bonds.